The number of phenolic OH excluding ortho intramolecular Hbond substituents is 1. The zero-order valence-electron chi connectivity index (χ0n) is 9.06. The molecule has 98 valence electrons. The van der Waals surface area contributed by atoms with Crippen LogP contribution in [0.4, 0.5) is 8.78 Å². The first-order chi connectivity index (χ1) is 7.42. The largest absolute Gasteiger partial charge is 0.508 e. The van der Waals surface area contributed by atoms with Gasteiger partial charge in [0.1, 0.15) is 24.1 Å². The van der Waals surface area contributed by atoms with E-state index in [4.69, 9.17) is 15.6 Å². The predicted molar refractivity (Wildman–Crippen MR) is 60.9 cm³/mol. The first-order valence-electron chi connectivity index (χ1n) is 4.53. The first-order valence-corrected chi connectivity index (χ1v) is 4.53. The molecule has 0 aromatic heterocycles. The van der Waals surface area contributed by atoms with Crippen molar-refractivity contribution >= 4 is 12.4 Å². The number of halogens is 3. The third-order valence-electron chi connectivity index (χ3n) is 2.24. The van der Waals surface area contributed by atoms with Crippen LogP contribution in [-0.4, -0.2) is 29.9 Å². The number of aliphatic hydroxyl groups excluding tert-OH is 1. The summed E-state index contributed by atoms with van der Waals surface area (Å²) in [6.45, 7) is -1.38. The Hall–Kier alpha value is -1.11. The highest BCUT2D eigenvalue weighted by Gasteiger charge is 2.38. The smallest absolute Gasteiger partial charge is 0.289 e. The fourth-order valence-corrected chi connectivity index (χ4v) is 1.23. The molecule has 0 bridgehead atoms. The summed E-state index contributed by atoms with van der Waals surface area (Å²) in [7, 11) is 1.37. The Kier molecular flexibility index (Phi) is 5.60. The maximum atomic E-state index is 13.1. The molecular formula is C10H14ClF2NO3. The number of aromatic hydroxyl groups is 1. The molecule has 0 aliphatic carbocycles. The summed E-state index contributed by atoms with van der Waals surface area (Å²) in [6.07, 6.45) is 0. The molecule has 4 N–H and O–H groups in total. The number of phenols is 1. The molecule has 17 heavy (non-hydrogen) atoms. The van der Waals surface area contributed by atoms with Gasteiger partial charge >= 0.3 is 0 Å². The van der Waals surface area contributed by atoms with Crippen LogP contribution in [0.1, 0.15) is 11.6 Å². The van der Waals surface area contributed by atoms with E-state index in [9.17, 15) is 13.9 Å². The molecule has 4 nitrogen and oxygen atoms in total. The van der Waals surface area contributed by atoms with Gasteiger partial charge in [0.25, 0.3) is 5.92 Å². The topological polar surface area (TPSA) is 75.7 Å². The molecule has 0 saturated heterocycles. The summed E-state index contributed by atoms with van der Waals surface area (Å²) in [5, 5.41) is 17.9. The van der Waals surface area contributed by atoms with E-state index in [-0.39, 0.29) is 23.7 Å². The van der Waals surface area contributed by atoms with Gasteiger partial charge in [-0.15, -0.1) is 12.4 Å². The Morgan fingerprint density at radius 3 is 2.53 bits per heavy atom. The van der Waals surface area contributed by atoms with Crippen LogP contribution in [0.3, 0.4) is 0 Å². The monoisotopic (exact) mass is 269 g/mol. The van der Waals surface area contributed by atoms with Gasteiger partial charge in [-0.1, -0.05) is 0 Å². The fraction of sp³-hybridized carbons (Fsp3) is 0.400. The van der Waals surface area contributed by atoms with Crippen molar-refractivity contribution in [3.63, 3.8) is 0 Å². The molecule has 0 heterocycles. The summed E-state index contributed by atoms with van der Waals surface area (Å²) >= 11 is 0. The molecule has 0 aliphatic rings. The zero-order chi connectivity index (χ0) is 12.3. The minimum absolute atomic E-state index is 0. The van der Waals surface area contributed by atoms with Crippen molar-refractivity contribution in [2.24, 2.45) is 5.73 Å². The Balaban J connectivity index is 0.00000256. The van der Waals surface area contributed by atoms with Gasteiger partial charge in [0.05, 0.1) is 7.11 Å². The summed E-state index contributed by atoms with van der Waals surface area (Å²) in [6, 6.07) is 2.06. The van der Waals surface area contributed by atoms with Crippen LogP contribution in [0.5, 0.6) is 11.5 Å². The lowest BCUT2D eigenvalue weighted by molar-refractivity contribution is -0.0716. The molecule has 1 rings (SSSR count). The summed E-state index contributed by atoms with van der Waals surface area (Å²) < 4.78 is 31.1. The second kappa shape index (κ2) is 6.00. The van der Waals surface area contributed by atoms with Gasteiger partial charge in [0, 0.05) is 5.56 Å². The van der Waals surface area contributed by atoms with Gasteiger partial charge in [0.15, 0.2) is 0 Å². The average molecular weight is 270 g/mol. The van der Waals surface area contributed by atoms with Crippen molar-refractivity contribution in [1.82, 2.24) is 0 Å². The van der Waals surface area contributed by atoms with Gasteiger partial charge in [-0.3, -0.25) is 0 Å². The van der Waals surface area contributed by atoms with E-state index in [1.165, 1.54) is 25.3 Å². The van der Waals surface area contributed by atoms with E-state index in [1.807, 2.05) is 0 Å². The highest BCUT2D eigenvalue weighted by molar-refractivity contribution is 5.85. The minimum atomic E-state index is -3.50. The Bertz CT molecular complexity index is 377. The third kappa shape index (κ3) is 3.42. The van der Waals surface area contributed by atoms with Crippen molar-refractivity contribution in [3.05, 3.63) is 23.8 Å². The van der Waals surface area contributed by atoms with Crippen LogP contribution in [0, 0.1) is 0 Å². The number of nitrogens with two attached hydrogens (primary N) is 1. The molecular weight excluding hydrogens is 256 g/mol. The maximum Gasteiger partial charge on any atom is 0.289 e. The molecule has 0 radical (unpaired) electrons. The molecule has 0 aliphatic heterocycles. The lowest BCUT2D eigenvalue weighted by Gasteiger charge is -2.22. The normalized spacial score (nSPS) is 12.8. The molecule has 0 unspecified atom stereocenters. The standard InChI is InChI=1S/C10H13F2NO3.ClH/c1-16-6-2-3-8(15)7(4-6)9(13)10(11,12)5-14;/h2-4,9,14-15H,5,13H2,1H3;1H/t9-;/m1./s1. The second-order valence-corrected chi connectivity index (χ2v) is 3.32. The van der Waals surface area contributed by atoms with Crippen LogP contribution in [0.2, 0.25) is 0 Å². The molecule has 1 atom stereocenters. The second-order valence-electron chi connectivity index (χ2n) is 3.32. The van der Waals surface area contributed by atoms with E-state index in [0.29, 0.717) is 5.75 Å². The number of rotatable bonds is 4. The SMILES string of the molecule is COc1ccc(O)c([C@@H](N)C(F)(F)CO)c1.Cl. The number of benzene rings is 1. The van der Waals surface area contributed by atoms with Crippen molar-refractivity contribution in [2.75, 3.05) is 13.7 Å². The molecule has 7 heteroatoms. The summed E-state index contributed by atoms with van der Waals surface area (Å²) in [4.78, 5) is 0. The van der Waals surface area contributed by atoms with Gasteiger partial charge < -0.3 is 20.7 Å². The number of ether oxygens (including phenoxy) is 1. The van der Waals surface area contributed by atoms with Crippen LogP contribution in [0.15, 0.2) is 18.2 Å². The lowest BCUT2D eigenvalue weighted by atomic mass is 10.0. The zero-order valence-corrected chi connectivity index (χ0v) is 9.88. The van der Waals surface area contributed by atoms with Crippen LogP contribution in [0.25, 0.3) is 0 Å². The Morgan fingerprint density at radius 1 is 1.47 bits per heavy atom. The molecule has 1 aromatic rings. The Morgan fingerprint density at radius 2 is 2.06 bits per heavy atom. The van der Waals surface area contributed by atoms with E-state index < -0.39 is 18.6 Å². The number of hydrogen-bond donors (Lipinski definition) is 3. The number of alkyl halides is 2. The van der Waals surface area contributed by atoms with Gasteiger partial charge in [-0.2, -0.15) is 0 Å². The molecule has 0 amide bonds. The number of hydrogen-bond acceptors (Lipinski definition) is 4. The van der Waals surface area contributed by atoms with Crippen molar-refractivity contribution in [2.45, 2.75) is 12.0 Å². The quantitative estimate of drug-likeness (QED) is 0.773. The maximum absolute atomic E-state index is 13.1. The first kappa shape index (κ1) is 15.9. The average Bonchev–Trinajstić information content (AvgIpc) is 2.29. The van der Waals surface area contributed by atoms with E-state index in [2.05, 4.69) is 0 Å². The molecule has 0 fully saturated rings. The molecule has 0 saturated carbocycles. The number of methoxy groups -OCH3 is 1. The summed E-state index contributed by atoms with van der Waals surface area (Å²) in [5.74, 6) is -3.55. The summed E-state index contributed by atoms with van der Waals surface area (Å²) in [5.41, 5.74) is 5.11. The van der Waals surface area contributed by atoms with Gasteiger partial charge in [-0.05, 0) is 18.2 Å². The molecule has 0 spiro atoms. The predicted octanol–water partition coefficient (Wildman–Crippen LogP) is 1.45. The highest BCUT2D eigenvalue weighted by Crippen LogP contribution is 2.35. The Labute approximate surface area is 103 Å². The van der Waals surface area contributed by atoms with Crippen LogP contribution in [-0.2, 0) is 0 Å². The van der Waals surface area contributed by atoms with Gasteiger partial charge in [0.2, 0.25) is 0 Å². The van der Waals surface area contributed by atoms with E-state index in [0.717, 1.165) is 0 Å². The third-order valence-corrected chi connectivity index (χ3v) is 2.24. The molecule has 1 aromatic carbocycles. The van der Waals surface area contributed by atoms with E-state index in [1.54, 1.807) is 0 Å². The van der Waals surface area contributed by atoms with Crippen molar-refractivity contribution in [3.8, 4) is 11.5 Å². The number of aliphatic hydroxyl groups is 1. The van der Waals surface area contributed by atoms with Crippen LogP contribution < -0.4 is 10.5 Å². The van der Waals surface area contributed by atoms with E-state index >= 15 is 0 Å². The fourth-order valence-electron chi connectivity index (χ4n) is 1.23. The van der Waals surface area contributed by atoms with Crippen molar-refractivity contribution in [1.29, 1.82) is 0 Å². The lowest BCUT2D eigenvalue weighted by Crippen LogP contribution is -2.36. The van der Waals surface area contributed by atoms with Crippen molar-refractivity contribution < 1.29 is 23.7 Å². The minimum Gasteiger partial charge on any atom is -0.508 e. The highest BCUT2D eigenvalue weighted by atomic mass is 35.5. The van der Waals surface area contributed by atoms with Gasteiger partial charge in [-0.25, -0.2) is 8.78 Å². The van der Waals surface area contributed by atoms with Crippen LogP contribution >= 0.6 is 12.4 Å².